The van der Waals surface area contributed by atoms with Crippen LogP contribution < -0.4 is 62.9 Å². The number of amides is 7. The number of likely N-dealkylation sites (N-methyl/N-ethyl adjacent to an activating group) is 1. The average molecular weight is 1490 g/mol. The van der Waals surface area contributed by atoms with E-state index in [2.05, 4.69) is 37.2 Å². The second-order valence-electron chi connectivity index (χ2n) is 25.7. The highest BCUT2D eigenvalue weighted by Crippen LogP contribution is 2.50. The van der Waals surface area contributed by atoms with Crippen LogP contribution in [0.4, 0.5) is 0 Å². The van der Waals surface area contributed by atoms with E-state index in [1.807, 2.05) is 13.8 Å². The van der Waals surface area contributed by atoms with Gasteiger partial charge in [0.1, 0.15) is 89.5 Å². The van der Waals surface area contributed by atoms with Gasteiger partial charge < -0.3 is 128 Å². The van der Waals surface area contributed by atoms with Crippen molar-refractivity contribution in [3.8, 4) is 57.1 Å². The number of aliphatic carboxylic acids is 1. The number of phenols is 3. The molecule has 0 saturated carbocycles. The molecule has 9 unspecified atom stereocenters. The fraction of sp³-hybridized carbons (Fsp3) is 0.424. The van der Waals surface area contributed by atoms with Gasteiger partial charge in [-0.3, -0.25) is 33.6 Å². The number of rotatable bonds is 13. The van der Waals surface area contributed by atoms with E-state index in [0.717, 1.165) is 66.7 Å². The number of benzene rings is 5. The van der Waals surface area contributed by atoms with E-state index in [4.69, 9.17) is 63.1 Å². The Morgan fingerprint density at radius 3 is 1.89 bits per heavy atom. The Balaban J connectivity index is 0.0000121. The highest BCUT2D eigenvalue weighted by Gasteiger charge is 2.51. The Morgan fingerprint density at radius 1 is 0.716 bits per heavy atom. The van der Waals surface area contributed by atoms with Crippen molar-refractivity contribution >= 4 is 82.9 Å². The minimum absolute atomic E-state index is 0. The summed E-state index contributed by atoms with van der Waals surface area (Å²) in [7, 11) is 1.47. The SMILES string of the molecule is CN[C@H](CC(C)C)C(=O)N[C@@H]1C(=O)N[C@@H](CC(N)=O)C(=O)N[C@H]2C(=O)N[C@H]3C(=O)N[C@H](C(=O)N[C@@H](C(=O)O)c4cc(O)cc(O)c4-c4cc3ccc4O)[C@H](O)c3ccc(c(Cl)c3)Oc3cc2cc(c3OC2OC(CO)C(O)C(O)C2OC2CC(C)(N)C(O)C(C)O2)Oc2ccc(cc2Cl)[C@H]1O.Cl. The van der Waals surface area contributed by atoms with E-state index in [1.54, 1.807) is 0 Å². The smallest absolute Gasteiger partial charge is 0.330 e. The lowest BCUT2D eigenvalue weighted by Gasteiger charge is -2.47. The first kappa shape index (κ1) is 77.3. The van der Waals surface area contributed by atoms with Crippen LogP contribution >= 0.6 is 35.6 Å². The number of nitrogens with one attached hydrogen (secondary N) is 7. The molecule has 11 bridgehead atoms. The first-order chi connectivity index (χ1) is 47.7. The number of ether oxygens (including phenoxy) is 6. The van der Waals surface area contributed by atoms with Gasteiger partial charge in [-0.15, -0.1) is 12.4 Å². The summed E-state index contributed by atoms with van der Waals surface area (Å²) < 4.78 is 38.3. The number of primary amides is 1. The maximum atomic E-state index is 16.0. The lowest BCUT2D eigenvalue weighted by Crippen LogP contribution is -2.64. The molecule has 5 aromatic carbocycles. The number of aliphatic hydroxyl groups is 6. The molecule has 33 nitrogen and oxygen atoms in total. The topological polar surface area (TPSA) is 530 Å². The lowest BCUT2D eigenvalue weighted by atomic mass is 9.86. The summed E-state index contributed by atoms with van der Waals surface area (Å²) in [4.78, 5) is 117. The van der Waals surface area contributed by atoms with Gasteiger partial charge in [0.05, 0.1) is 41.3 Å². The number of carboxylic acids is 1. The van der Waals surface area contributed by atoms with Gasteiger partial charge in [0.15, 0.2) is 29.9 Å². The molecule has 0 aliphatic carbocycles. The van der Waals surface area contributed by atoms with Gasteiger partial charge in [-0.05, 0) is 110 Å². The number of aromatic hydroxyl groups is 3. The van der Waals surface area contributed by atoms with Crippen LogP contribution in [0, 0.1) is 5.92 Å². The summed E-state index contributed by atoms with van der Waals surface area (Å²) in [6.07, 6.45) is -18.6. The van der Waals surface area contributed by atoms with E-state index in [-0.39, 0.29) is 58.6 Å². The van der Waals surface area contributed by atoms with Crippen molar-refractivity contribution in [3.63, 3.8) is 0 Å². The van der Waals surface area contributed by atoms with Crippen molar-refractivity contribution in [3.05, 3.63) is 117 Å². The van der Waals surface area contributed by atoms with Gasteiger partial charge in [0.2, 0.25) is 53.4 Å². The lowest BCUT2D eigenvalue weighted by molar-refractivity contribution is -0.333. The van der Waals surface area contributed by atoms with Crippen LogP contribution in [0.2, 0.25) is 10.0 Å². The van der Waals surface area contributed by atoms with Gasteiger partial charge in [0, 0.05) is 34.7 Å². The minimum atomic E-state index is -2.35. The Labute approximate surface area is 596 Å². The molecule has 12 rings (SSSR count). The van der Waals surface area contributed by atoms with Crippen molar-refractivity contribution in [2.24, 2.45) is 17.4 Å². The standard InChI is InChI=1S/C66H75Cl2N9O24.ClH/c1-23(2)12-34(71-5)58(88)76-49-51(83)26-7-10-38(32(67)14-26)97-40-16-28-17-41(55(40)101-65-56(54(86)53(85)42(22-78)99-65)100-44-21-66(4,70)57(87)24(3)96-44)98-39-11-8-27(15-33(39)68)52(84)50-63(93)75-48(64(94)95)31-18-29(79)19-37(81)45(31)30-13-25(6-9-36(30)80)46(60(90)77-50)74-61(91)47(28)73-59(89)35(20-43(69)82)72-62(49)92;/h6-11,13-19,23-24,34-35,42,44,46-54,56-57,65,71,78-81,83-87H,12,20-22,70H2,1-5H3,(H2,69,82)(H,72,92)(H,73,89)(H,74,91)(H,75,93)(H,76,88)(H,77,90)(H,94,95);1H/t24?,34-,35+,42?,44?,46-,47-,48-,49+,50+,51-,52-,53?,54?,56?,57?,65?,66?;/m1./s1. The highest BCUT2D eigenvalue weighted by molar-refractivity contribution is 6.32. The molecule has 7 aliphatic rings. The number of carbonyl (C=O) groups is 8. The fourth-order valence-electron chi connectivity index (χ4n) is 12.5. The molecule has 7 amide bonds. The van der Waals surface area contributed by atoms with E-state index in [9.17, 15) is 75.0 Å². The molecule has 550 valence electrons. The first-order valence-electron chi connectivity index (χ1n) is 31.6. The molecule has 2 fully saturated rings. The Bertz CT molecular complexity index is 4080. The second kappa shape index (κ2) is 31.4. The van der Waals surface area contributed by atoms with E-state index < -0.39 is 237 Å². The van der Waals surface area contributed by atoms with Crippen molar-refractivity contribution in [2.45, 2.75) is 156 Å². The zero-order chi connectivity index (χ0) is 73.5. The number of nitrogens with two attached hydrogens (primary N) is 2. The summed E-state index contributed by atoms with van der Waals surface area (Å²) in [5.41, 5.74) is 8.00. The zero-order valence-corrected chi connectivity index (χ0v) is 57.1. The third-order valence-corrected chi connectivity index (χ3v) is 18.4. The van der Waals surface area contributed by atoms with Gasteiger partial charge in [0.25, 0.3) is 0 Å². The normalized spacial score (nSPS) is 29.1. The van der Waals surface area contributed by atoms with Crippen molar-refractivity contribution in [1.82, 2.24) is 37.2 Å². The summed E-state index contributed by atoms with van der Waals surface area (Å²) in [6.45, 7) is 5.66. The number of phenolic OH excluding ortho intramolecular Hbond substituents is 3. The molecule has 2 saturated heterocycles. The monoisotopic (exact) mass is 1480 g/mol. The zero-order valence-electron chi connectivity index (χ0n) is 54.7. The number of carboxylic acid groups (broad SMARTS) is 1. The van der Waals surface area contributed by atoms with Gasteiger partial charge in [-0.25, -0.2) is 4.79 Å². The van der Waals surface area contributed by atoms with Crippen LogP contribution in [0.15, 0.2) is 78.9 Å². The average Bonchev–Trinajstić information content (AvgIpc) is 0.773. The van der Waals surface area contributed by atoms with Crippen LogP contribution in [-0.2, 0) is 52.6 Å². The maximum Gasteiger partial charge on any atom is 0.330 e. The van der Waals surface area contributed by atoms with Gasteiger partial charge in [-0.2, -0.15) is 0 Å². The quantitative estimate of drug-likeness (QED) is 0.0764. The summed E-state index contributed by atoms with van der Waals surface area (Å²) in [6, 6.07) is -0.679. The molecule has 0 spiro atoms. The Kier molecular flexibility index (Phi) is 23.8. The van der Waals surface area contributed by atoms with Crippen molar-refractivity contribution in [2.75, 3.05) is 13.7 Å². The predicted octanol–water partition coefficient (Wildman–Crippen LogP) is 0.528. The maximum absolute atomic E-state index is 16.0. The van der Waals surface area contributed by atoms with Crippen LogP contribution in [0.5, 0.6) is 46.0 Å². The van der Waals surface area contributed by atoms with E-state index in [0.29, 0.717) is 0 Å². The fourth-order valence-corrected chi connectivity index (χ4v) is 12.9. The molecule has 21 N–H and O–H groups in total. The van der Waals surface area contributed by atoms with Crippen LogP contribution in [0.3, 0.4) is 0 Å². The largest absolute Gasteiger partial charge is 0.508 e. The van der Waals surface area contributed by atoms with Crippen LogP contribution in [-0.4, -0.2) is 191 Å². The van der Waals surface area contributed by atoms with Crippen molar-refractivity contribution in [1.29, 1.82) is 0 Å². The van der Waals surface area contributed by atoms with Gasteiger partial charge >= 0.3 is 5.97 Å². The van der Waals surface area contributed by atoms with Crippen molar-refractivity contribution < 1.29 is 118 Å². The molecule has 36 heteroatoms. The van der Waals surface area contributed by atoms with Gasteiger partial charge in [-0.1, -0.05) is 55.2 Å². The summed E-state index contributed by atoms with van der Waals surface area (Å²) >= 11 is 14.1. The molecule has 18 atom stereocenters. The highest BCUT2D eigenvalue weighted by atomic mass is 35.5. The summed E-state index contributed by atoms with van der Waals surface area (Å²) in [5.74, 6) is -16.0. The summed E-state index contributed by atoms with van der Waals surface area (Å²) in [5, 5.41) is 131. The third kappa shape index (κ3) is 16.3. The molecule has 0 radical (unpaired) electrons. The number of fused-ring (bicyclic) bond motifs is 15. The van der Waals surface area contributed by atoms with Crippen LogP contribution in [0.1, 0.15) is 105 Å². The van der Waals surface area contributed by atoms with E-state index >= 15 is 14.4 Å². The number of hydrogen-bond donors (Lipinski definition) is 19. The van der Waals surface area contributed by atoms with Crippen LogP contribution in [0.25, 0.3) is 11.1 Å². The molecule has 102 heavy (non-hydrogen) atoms. The molecular weight excluding hydrogens is 1410 g/mol. The predicted molar refractivity (Wildman–Crippen MR) is 357 cm³/mol. The number of halogens is 3. The first-order valence-corrected chi connectivity index (χ1v) is 32.4. The second-order valence-corrected chi connectivity index (χ2v) is 26.5. The van der Waals surface area contributed by atoms with E-state index in [1.165, 1.54) is 33.0 Å². The molecule has 7 heterocycles. The molecule has 0 aromatic heterocycles. The number of carbonyl (C=O) groups excluding carboxylic acids is 7. The molecule has 5 aromatic rings. The Morgan fingerprint density at radius 2 is 1.31 bits per heavy atom. The Hall–Kier alpha value is -8.91. The number of aliphatic hydroxyl groups excluding tert-OH is 6. The molecule has 7 aliphatic heterocycles. The molecular formula is C66H76Cl3N9O24. The number of hydrogen-bond acceptors (Lipinski definition) is 25. The third-order valence-electron chi connectivity index (χ3n) is 17.8. The minimum Gasteiger partial charge on any atom is -0.508 e.